The van der Waals surface area contributed by atoms with Crippen LogP contribution < -0.4 is 10.2 Å². The number of hydrogen-bond donors (Lipinski definition) is 2. The summed E-state index contributed by atoms with van der Waals surface area (Å²) in [6, 6.07) is 8.17. The molecule has 0 unspecified atom stereocenters. The van der Waals surface area contributed by atoms with E-state index in [1.165, 1.54) is 11.1 Å². The summed E-state index contributed by atoms with van der Waals surface area (Å²) in [5.74, 6) is 3.52. The third kappa shape index (κ3) is 4.19. The number of aromatic nitrogens is 2. The minimum absolute atomic E-state index is 0.0102. The zero-order valence-corrected chi connectivity index (χ0v) is 16.7. The zero-order chi connectivity index (χ0) is 19.0. The maximum absolute atomic E-state index is 9.67. The van der Waals surface area contributed by atoms with Crippen LogP contribution in [0.3, 0.4) is 0 Å². The van der Waals surface area contributed by atoms with Crippen LogP contribution in [0.15, 0.2) is 24.3 Å². The van der Waals surface area contributed by atoms with Gasteiger partial charge < -0.3 is 15.3 Å². The molecule has 1 saturated carbocycles. The molecule has 1 aliphatic carbocycles. The molecule has 5 nitrogen and oxygen atoms in total. The summed E-state index contributed by atoms with van der Waals surface area (Å²) in [7, 11) is 0. The second-order valence-corrected chi connectivity index (χ2v) is 8.44. The van der Waals surface area contributed by atoms with Gasteiger partial charge in [0.2, 0.25) is 0 Å². The molecule has 0 saturated heterocycles. The van der Waals surface area contributed by atoms with Gasteiger partial charge in [-0.2, -0.15) is 0 Å². The number of nitrogens with one attached hydrogen (secondary N) is 1. The maximum Gasteiger partial charge on any atom is 0.136 e. The standard InChI is InChI=1S/C21H27ClN4O/c1-13(2)18(12-27)23-19-10-20(25-21(24-19)14-3-4-14)26-8-7-15-9-17(22)6-5-16(15)11-26/h5-6,9-10,13-14,18,27H,3-4,7-8,11-12H2,1-2H3,(H,23,24,25)/t18-/m1/s1. The first kappa shape index (κ1) is 18.5. The summed E-state index contributed by atoms with van der Waals surface area (Å²) in [5, 5.41) is 13.9. The van der Waals surface area contributed by atoms with Crippen LogP contribution in [0.2, 0.25) is 5.02 Å². The van der Waals surface area contributed by atoms with Gasteiger partial charge >= 0.3 is 0 Å². The number of benzene rings is 1. The average molecular weight is 387 g/mol. The van der Waals surface area contributed by atoms with Gasteiger partial charge in [0, 0.05) is 30.1 Å². The molecule has 2 N–H and O–H groups in total. The fraction of sp³-hybridized carbons (Fsp3) is 0.524. The molecule has 0 amide bonds. The lowest BCUT2D eigenvalue weighted by molar-refractivity contribution is 0.249. The van der Waals surface area contributed by atoms with Crippen molar-refractivity contribution in [2.45, 2.75) is 51.6 Å². The van der Waals surface area contributed by atoms with Gasteiger partial charge in [-0.1, -0.05) is 31.5 Å². The highest BCUT2D eigenvalue weighted by atomic mass is 35.5. The second-order valence-electron chi connectivity index (χ2n) is 8.01. The fourth-order valence-corrected chi connectivity index (χ4v) is 3.74. The fourth-order valence-electron chi connectivity index (χ4n) is 3.54. The van der Waals surface area contributed by atoms with Crippen molar-refractivity contribution >= 4 is 23.2 Å². The Bertz CT molecular complexity index is 822. The summed E-state index contributed by atoms with van der Waals surface area (Å²) >= 11 is 6.14. The number of fused-ring (bicyclic) bond motifs is 1. The highest BCUT2D eigenvalue weighted by Crippen LogP contribution is 2.39. The van der Waals surface area contributed by atoms with Gasteiger partial charge in [-0.05, 0) is 48.4 Å². The lowest BCUT2D eigenvalue weighted by Crippen LogP contribution is -2.32. The highest BCUT2D eigenvalue weighted by molar-refractivity contribution is 6.30. The normalized spacial score (nSPS) is 17.7. The Balaban J connectivity index is 1.61. The van der Waals surface area contributed by atoms with E-state index in [-0.39, 0.29) is 12.6 Å². The Morgan fingerprint density at radius 2 is 2.04 bits per heavy atom. The third-order valence-electron chi connectivity index (χ3n) is 5.51. The summed E-state index contributed by atoms with van der Waals surface area (Å²) in [6.07, 6.45) is 3.29. The molecule has 2 aliphatic rings. The third-order valence-corrected chi connectivity index (χ3v) is 5.75. The SMILES string of the molecule is CC(C)[C@@H](CO)Nc1cc(N2CCc3cc(Cl)ccc3C2)nc(C2CC2)n1. The van der Waals surface area contributed by atoms with E-state index in [9.17, 15) is 5.11 Å². The molecule has 1 aliphatic heterocycles. The average Bonchev–Trinajstić information content (AvgIpc) is 3.50. The Morgan fingerprint density at radius 3 is 2.74 bits per heavy atom. The molecule has 4 rings (SSSR count). The molecule has 1 fully saturated rings. The van der Waals surface area contributed by atoms with Gasteiger partial charge in [-0.3, -0.25) is 0 Å². The van der Waals surface area contributed by atoms with Crippen molar-refractivity contribution in [3.8, 4) is 0 Å². The van der Waals surface area contributed by atoms with E-state index in [0.717, 1.165) is 54.8 Å². The van der Waals surface area contributed by atoms with Crippen LogP contribution in [-0.2, 0) is 13.0 Å². The van der Waals surface area contributed by atoms with Crippen molar-refractivity contribution in [2.75, 3.05) is 23.4 Å². The maximum atomic E-state index is 9.67. The van der Waals surface area contributed by atoms with Gasteiger partial charge in [0.1, 0.15) is 17.5 Å². The number of aliphatic hydroxyl groups is 1. The monoisotopic (exact) mass is 386 g/mol. The van der Waals surface area contributed by atoms with Crippen LogP contribution in [0.1, 0.15) is 49.6 Å². The van der Waals surface area contributed by atoms with Crippen LogP contribution in [-0.4, -0.2) is 34.3 Å². The van der Waals surface area contributed by atoms with Crippen molar-refractivity contribution in [3.05, 3.63) is 46.2 Å². The zero-order valence-electron chi connectivity index (χ0n) is 16.0. The molecule has 1 aromatic carbocycles. The van der Waals surface area contributed by atoms with E-state index in [2.05, 4.69) is 36.2 Å². The summed E-state index contributed by atoms with van der Waals surface area (Å²) in [6.45, 7) is 6.05. The predicted octanol–water partition coefficient (Wildman–Crippen LogP) is 4.00. The lowest BCUT2D eigenvalue weighted by atomic mass is 10.00. The first-order chi connectivity index (χ1) is 13.0. The van der Waals surface area contributed by atoms with Crippen molar-refractivity contribution < 1.29 is 5.11 Å². The number of nitrogens with zero attached hydrogens (tertiary/aromatic N) is 3. The second kappa shape index (κ2) is 7.64. The van der Waals surface area contributed by atoms with E-state index >= 15 is 0 Å². The lowest BCUT2D eigenvalue weighted by Gasteiger charge is -2.30. The Kier molecular flexibility index (Phi) is 5.24. The molecular formula is C21H27ClN4O. The van der Waals surface area contributed by atoms with E-state index in [1.54, 1.807) is 0 Å². The Hall–Kier alpha value is -1.85. The topological polar surface area (TPSA) is 61.3 Å². The first-order valence-electron chi connectivity index (χ1n) is 9.82. The van der Waals surface area contributed by atoms with Gasteiger partial charge in [0.15, 0.2) is 0 Å². The smallest absolute Gasteiger partial charge is 0.136 e. The van der Waals surface area contributed by atoms with E-state index in [4.69, 9.17) is 21.6 Å². The molecule has 0 spiro atoms. The minimum atomic E-state index is -0.0102. The van der Waals surface area contributed by atoms with Gasteiger partial charge in [0.05, 0.1) is 12.6 Å². The van der Waals surface area contributed by atoms with Crippen molar-refractivity contribution in [1.29, 1.82) is 0 Å². The number of anilines is 2. The van der Waals surface area contributed by atoms with Gasteiger partial charge in [-0.15, -0.1) is 0 Å². The molecular weight excluding hydrogens is 360 g/mol. The number of rotatable bonds is 6. The van der Waals surface area contributed by atoms with Gasteiger partial charge in [-0.25, -0.2) is 9.97 Å². The molecule has 2 heterocycles. The van der Waals surface area contributed by atoms with Crippen molar-refractivity contribution in [1.82, 2.24) is 9.97 Å². The predicted molar refractivity (Wildman–Crippen MR) is 110 cm³/mol. The number of aliphatic hydroxyl groups excluding tert-OH is 1. The number of hydrogen-bond acceptors (Lipinski definition) is 5. The van der Waals surface area contributed by atoms with Crippen molar-refractivity contribution in [3.63, 3.8) is 0 Å². The van der Waals surface area contributed by atoms with Crippen molar-refractivity contribution in [2.24, 2.45) is 5.92 Å². The van der Waals surface area contributed by atoms with Crippen LogP contribution in [0.4, 0.5) is 11.6 Å². The van der Waals surface area contributed by atoms with E-state index in [0.29, 0.717) is 11.8 Å². The molecule has 27 heavy (non-hydrogen) atoms. The van der Waals surface area contributed by atoms with Gasteiger partial charge in [0.25, 0.3) is 0 Å². The molecule has 2 aromatic rings. The molecule has 0 bridgehead atoms. The quantitative estimate of drug-likeness (QED) is 0.785. The number of halogens is 1. The Morgan fingerprint density at radius 1 is 1.22 bits per heavy atom. The summed E-state index contributed by atoms with van der Waals surface area (Å²) in [5.41, 5.74) is 2.64. The highest BCUT2D eigenvalue weighted by Gasteiger charge is 2.29. The van der Waals surface area contributed by atoms with Crippen LogP contribution in [0, 0.1) is 5.92 Å². The van der Waals surface area contributed by atoms with E-state index < -0.39 is 0 Å². The van der Waals surface area contributed by atoms with Crippen LogP contribution in [0.5, 0.6) is 0 Å². The molecule has 0 radical (unpaired) electrons. The molecule has 1 atom stereocenters. The first-order valence-corrected chi connectivity index (χ1v) is 10.2. The van der Waals surface area contributed by atoms with Crippen LogP contribution >= 0.6 is 11.6 Å². The molecule has 6 heteroatoms. The van der Waals surface area contributed by atoms with E-state index in [1.807, 2.05) is 12.1 Å². The Labute approximate surface area is 165 Å². The summed E-state index contributed by atoms with van der Waals surface area (Å²) in [4.78, 5) is 11.9. The molecule has 144 valence electrons. The minimum Gasteiger partial charge on any atom is -0.394 e. The summed E-state index contributed by atoms with van der Waals surface area (Å²) < 4.78 is 0. The van der Waals surface area contributed by atoms with Crippen LogP contribution in [0.25, 0.3) is 0 Å². The largest absolute Gasteiger partial charge is 0.394 e. The molecule has 1 aromatic heterocycles.